The minimum absolute atomic E-state index is 0.0851. The molecule has 0 spiro atoms. The minimum Gasteiger partial charge on any atom is -0.381 e. The molecule has 1 N–H and O–H groups in total. The van der Waals surface area contributed by atoms with E-state index in [-0.39, 0.29) is 5.91 Å². The lowest BCUT2D eigenvalue weighted by Crippen LogP contribution is -2.41. The molecule has 0 radical (unpaired) electrons. The zero-order valence-corrected chi connectivity index (χ0v) is 17.2. The van der Waals surface area contributed by atoms with Gasteiger partial charge in [0.25, 0.3) is 5.91 Å². The molecule has 6 nitrogen and oxygen atoms in total. The quantitative estimate of drug-likeness (QED) is 0.561. The van der Waals surface area contributed by atoms with Crippen molar-refractivity contribution in [2.24, 2.45) is 10.9 Å². The van der Waals surface area contributed by atoms with E-state index in [1.807, 2.05) is 43.0 Å². The van der Waals surface area contributed by atoms with Crippen molar-refractivity contribution in [2.75, 3.05) is 46.4 Å². The van der Waals surface area contributed by atoms with Crippen molar-refractivity contribution in [1.82, 2.24) is 15.1 Å². The first-order valence-electron chi connectivity index (χ1n) is 10.0. The molecule has 1 unspecified atom stereocenters. The lowest BCUT2D eigenvalue weighted by atomic mass is 10.1. The van der Waals surface area contributed by atoms with Gasteiger partial charge < -0.3 is 19.9 Å². The molecule has 0 aliphatic carbocycles. The lowest BCUT2D eigenvalue weighted by molar-refractivity contribution is 0.0773. The van der Waals surface area contributed by atoms with E-state index in [0.29, 0.717) is 12.5 Å². The van der Waals surface area contributed by atoms with E-state index in [1.54, 1.807) is 0 Å². The highest BCUT2D eigenvalue weighted by Gasteiger charge is 2.19. The summed E-state index contributed by atoms with van der Waals surface area (Å²) in [5.41, 5.74) is 1.83. The van der Waals surface area contributed by atoms with Crippen molar-refractivity contribution >= 4 is 11.9 Å². The molecular formula is C21H34N4O2. The predicted octanol–water partition coefficient (Wildman–Crippen LogP) is 2.60. The van der Waals surface area contributed by atoms with Crippen molar-refractivity contribution in [2.45, 2.75) is 33.7 Å². The molecule has 27 heavy (non-hydrogen) atoms. The Hall–Kier alpha value is -2.08. The lowest BCUT2D eigenvalue weighted by Gasteiger charge is -2.24. The molecule has 6 heteroatoms. The van der Waals surface area contributed by atoms with Gasteiger partial charge in [-0.3, -0.25) is 4.79 Å². The number of carbonyl (C=O) groups excluding carboxylic acids is 1. The number of hydrogen-bond donors (Lipinski definition) is 1. The van der Waals surface area contributed by atoms with Crippen molar-refractivity contribution < 1.29 is 9.53 Å². The molecule has 0 aromatic heterocycles. The third-order valence-corrected chi connectivity index (χ3v) is 4.92. The molecule has 1 aliphatic heterocycles. The molecule has 2 rings (SSSR count). The van der Waals surface area contributed by atoms with Gasteiger partial charge in [-0.05, 0) is 44.9 Å². The topological polar surface area (TPSA) is 57.2 Å². The smallest absolute Gasteiger partial charge is 0.253 e. The van der Waals surface area contributed by atoms with Crippen LogP contribution in [0.5, 0.6) is 0 Å². The third-order valence-electron chi connectivity index (χ3n) is 4.92. The Morgan fingerprint density at radius 1 is 1.22 bits per heavy atom. The van der Waals surface area contributed by atoms with Crippen LogP contribution in [0.3, 0.4) is 0 Å². The maximum absolute atomic E-state index is 12.4. The van der Waals surface area contributed by atoms with Gasteiger partial charge in [-0.25, -0.2) is 4.99 Å². The first-order chi connectivity index (χ1) is 13.1. The van der Waals surface area contributed by atoms with Crippen LogP contribution < -0.4 is 5.32 Å². The van der Waals surface area contributed by atoms with Crippen LogP contribution in [-0.4, -0.2) is 68.1 Å². The fourth-order valence-electron chi connectivity index (χ4n) is 3.28. The van der Waals surface area contributed by atoms with E-state index in [2.05, 4.69) is 24.2 Å². The average Bonchev–Trinajstić information content (AvgIpc) is 3.19. The molecule has 1 fully saturated rings. The molecule has 0 saturated carbocycles. The van der Waals surface area contributed by atoms with Gasteiger partial charge in [-0.15, -0.1) is 0 Å². The fourth-order valence-corrected chi connectivity index (χ4v) is 3.28. The average molecular weight is 375 g/mol. The summed E-state index contributed by atoms with van der Waals surface area (Å²) >= 11 is 0. The summed E-state index contributed by atoms with van der Waals surface area (Å²) in [6, 6.07) is 7.79. The maximum atomic E-state index is 12.4. The van der Waals surface area contributed by atoms with Crippen LogP contribution in [0.2, 0.25) is 0 Å². The van der Waals surface area contributed by atoms with Crippen LogP contribution in [0.4, 0.5) is 0 Å². The van der Waals surface area contributed by atoms with Crippen LogP contribution in [0, 0.1) is 5.92 Å². The van der Waals surface area contributed by atoms with E-state index in [9.17, 15) is 4.79 Å². The van der Waals surface area contributed by atoms with Gasteiger partial charge in [0.05, 0.1) is 13.2 Å². The Balaban J connectivity index is 1.99. The highest BCUT2D eigenvalue weighted by molar-refractivity contribution is 5.94. The van der Waals surface area contributed by atoms with E-state index in [4.69, 9.17) is 9.73 Å². The molecule has 1 saturated heterocycles. The Morgan fingerprint density at radius 2 is 1.93 bits per heavy atom. The van der Waals surface area contributed by atoms with Gasteiger partial charge >= 0.3 is 0 Å². The standard InChI is InChI=1S/C21H34N4O2/c1-5-22-21(24(4)15-18-12-13-27-16-18)23-14-17-8-10-19(11-9-17)20(26)25(6-2)7-3/h8-11,18H,5-7,12-16H2,1-4H3,(H,22,23). The molecule has 1 aliphatic rings. The zero-order chi connectivity index (χ0) is 19.6. The Kier molecular flexibility index (Phi) is 8.58. The van der Waals surface area contributed by atoms with Crippen LogP contribution in [-0.2, 0) is 11.3 Å². The van der Waals surface area contributed by atoms with E-state index in [0.717, 1.165) is 62.9 Å². The number of amides is 1. The third kappa shape index (κ3) is 6.24. The second-order valence-electron chi connectivity index (χ2n) is 6.95. The first-order valence-corrected chi connectivity index (χ1v) is 10.0. The van der Waals surface area contributed by atoms with Gasteiger partial charge in [0, 0.05) is 51.3 Å². The summed E-state index contributed by atoms with van der Waals surface area (Å²) in [6.45, 7) is 11.6. The highest BCUT2D eigenvalue weighted by atomic mass is 16.5. The molecule has 1 atom stereocenters. The monoisotopic (exact) mass is 374 g/mol. The predicted molar refractivity (Wildman–Crippen MR) is 110 cm³/mol. The van der Waals surface area contributed by atoms with Gasteiger partial charge in [0.15, 0.2) is 5.96 Å². The SMILES string of the molecule is CCNC(=NCc1ccc(C(=O)N(CC)CC)cc1)N(C)CC1CCOC1. The zero-order valence-electron chi connectivity index (χ0n) is 17.2. The van der Waals surface area contributed by atoms with Gasteiger partial charge in [-0.2, -0.15) is 0 Å². The Morgan fingerprint density at radius 3 is 2.48 bits per heavy atom. The molecule has 1 aromatic carbocycles. The molecule has 0 bridgehead atoms. The van der Waals surface area contributed by atoms with Crippen molar-refractivity contribution in [3.8, 4) is 0 Å². The number of aliphatic imine (C=N–C) groups is 1. The van der Waals surface area contributed by atoms with Crippen molar-refractivity contribution in [3.05, 3.63) is 35.4 Å². The van der Waals surface area contributed by atoms with Crippen LogP contribution in [0.15, 0.2) is 29.3 Å². The number of rotatable bonds is 8. The number of nitrogens with zero attached hydrogens (tertiary/aromatic N) is 3. The molecule has 150 valence electrons. The number of hydrogen-bond acceptors (Lipinski definition) is 3. The highest BCUT2D eigenvalue weighted by Crippen LogP contribution is 2.14. The van der Waals surface area contributed by atoms with Crippen molar-refractivity contribution in [1.29, 1.82) is 0 Å². The van der Waals surface area contributed by atoms with E-state index < -0.39 is 0 Å². The summed E-state index contributed by atoms with van der Waals surface area (Å²) in [5, 5.41) is 3.36. The number of carbonyl (C=O) groups is 1. The number of benzene rings is 1. The second kappa shape index (κ2) is 10.9. The maximum Gasteiger partial charge on any atom is 0.253 e. The normalized spacial score (nSPS) is 17.0. The number of ether oxygens (including phenoxy) is 1. The summed E-state index contributed by atoms with van der Waals surface area (Å²) in [7, 11) is 2.08. The van der Waals surface area contributed by atoms with Crippen LogP contribution in [0.1, 0.15) is 43.1 Å². The number of nitrogens with one attached hydrogen (secondary N) is 1. The fraction of sp³-hybridized carbons (Fsp3) is 0.619. The van der Waals surface area contributed by atoms with Crippen molar-refractivity contribution in [3.63, 3.8) is 0 Å². The van der Waals surface area contributed by atoms with Crippen LogP contribution in [0.25, 0.3) is 0 Å². The molecule has 1 aromatic rings. The summed E-state index contributed by atoms with van der Waals surface area (Å²) in [6.07, 6.45) is 1.12. The first kappa shape index (κ1) is 21.2. The number of guanidine groups is 1. The Labute approximate surface area is 163 Å². The molecule has 1 heterocycles. The van der Waals surface area contributed by atoms with E-state index in [1.165, 1.54) is 0 Å². The second-order valence-corrected chi connectivity index (χ2v) is 6.95. The summed E-state index contributed by atoms with van der Waals surface area (Å²) in [4.78, 5) is 21.2. The van der Waals surface area contributed by atoms with Gasteiger partial charge in [0.2, 0.25) is 0 Å². The molecular weight excluding hydrogens is 340 g/mol. The van der Waals surface area contributed by atoms with E-state index >= 15 is 0 Å². The Bertz CT molecular complexity index is 605. The van der Waals surface area contributed by atoms with Gasteiger partial charge in [0.1, 0.15) is 0 Å². The summed E-state index contributed by atoms with van der Waals surface area (Å²) in [5.74, 6) is 1.57. The largest absolute Gasteiger partial charge is 0.381 e. The minimum atomic E-state index is 0.0851. The van der Waals surface area contributed by atoms with Crippen LogP contribution >= 0.6 is 0 Å². The van der Waals surface area contributed by atoms with Gasteiger partial charge in [-0.1, -0.05) is 12.1 Å². The summed E-state index contributed by atoms with van der Waals surface area (Å²) < 4.78 is 5.47. The molecule has 1 amide bonds.